The van der Waals surface area contributed by atoms with Crippen LogP contribution in [0.1, 0.15) is 22.3 Å². The minimum absolute atomic E-state index is 0.684. The van der Waals surface area contributed by atoms with Crippen LogP contribution in [-0.2, 0) is 5.41 Å². The quantitative estimate of drug-likeness (QED) is 0.171. The van der Waals surface area contributed by atoms with Gasteiger partial charge in [-0.25, -0.2) is 0 Å². The maximum Gasteiger partial charge on any atom is 0.135 e. The number of hydrogen-bond donors (Lipinski definition) is 0. The number of anilines is 6. The van der Waals surface area contributed by atoms with Gasteiger partial charge >= 0.3 is 0 Å². The first-order valence-corrected chi connectivity index (χ1v) is 26.2. The van der Waals surface area contributed by atoms with Crippen molar-refractivity contribution in [3.63, 3.8) is 0 Å². The van der Waals surface area contributed by atoms with Gasteiger partial charge in [-0.1, -0.05) is 200 Å². The largest absolute Gasteiger partial charge is 0.456 e. The zero-order valence-corrected chi connectivity index (χ0v) is 41.4. The van der Waals surface area contributed by atoms with Crippen LogP contribution in [0.5, 0.6) is 0 Å². The summed E-state index contributed by atoms with van der Waals surface area (Å²) in [6.45, 7) is 0. The normalized spacial score (nSPS) is 14.3. The van der Waals surface area contributed by atoms with E-state index < -0.39 is 5.41 Å². The van der Waals surface area contributed by atoms with Gasteiger partial charge in [0.2, 0.25) is 0 Å². The molecule has 0 fully saturated rings. The Bertz CT molecular complexity index is 4480. The van der Waals surface area contributed by atoms with E-state index in [0.29, 0.717) is 0 Å². The van der Waals surface area contributed by atoms with E-state index in [4.69, 9.17) is 4.42 Å². The minimum atomic E-state index is -0.684. The molecule has 354 valence electrons. The molecule has 12 aromatic carbocycles. The summed E-state index contributed by atoms with van der Waals surface area (Å²) in [7, 11) is 0. The van der Waals surface area contributed by atoms with Crippen LogP contribution in [0.4, 0.5) is 34.1 Å². The molecule has 0 saturated carbocycles. The molecule has 3 nitrogen and oxygen atoms in total. The molecule has 76 heavy (non-hydrogen) atoms. The molecule has 13 aromatic rings. The van der Waals surface area contributed by atoms with E-state index in [2.05, 4.69) is 289 Å². The van der Waals surface area contributed by atoms with Gasteiger partial charge in [0.25, 0.3) is 0 Å². The fraction of sp³-hybridized carbons (Fsp3) is 0.0137. The first kappa shape index (κ1) is 42.5. The van der Waals surface area contributed by atoms with Crippen LogP contribution in [0, 0.1) is 0 Å². The molecule has 0 amide bonds. The van der Waals surface area contributed by atoms with E-state index in [1.54, 1.807) is 0 Å². The van der Waals surface area contributed by atoms with Crippen LogP contribution in [-0.4, -0.2) is 0 Å². The Balaban J connectivity index is 0.964. The van der Waals surface area contributed by atoms with Gasteiger partial charge in [-0.05, 0) is 157 Å². The van der Waals surface area contributed by atoms with Gasteiger partial charge in [-0.3, -0.25) is 0 Å². The van der Waals surface area contributed by atoms with Crippen molar-refractivity contribution >= 4 is 56.1 Å². The van der Waals surface area contributed by atoms with Crippen LogP contribution in [0.25, 0.3) is 88.7 Å². The highest BCUT2D eigenvalue weighted by Crippen LogP contribution is 2.63. The van der Waals surface area contributed by atoms with Gasteiger partial charge < -0.3 is 14.2 Å². The summed E-state index contributed by atoms with van der Waals surface area (Å²) in [5, 5.41) is 2.27. The highest BCUT2D eigenvalue weighted by molar-refractivity contribution is 6.10. The van der Waals surface area contributed by atoms with Crippen molar-refractivity contribution in [1.82, 2.24) is 0 Å². The molecule has 2 heterocycles. The summed E-state index contributed by atoms with van der Waals surface area (Å²) in [4.78, 5) is 4.88. The van der Waals surface area contributed by atoms with E-state index in [9.17, 15) is 0 Å². The van der Waals surface area contributed by atoms with Crippen LogP contribution in [0.2, 0.25) is 0 Å². The first-order valence-electron chi connectivity index (χ1n) is 26.2. The van der Waals surface area contributed by atoms with E-state index in [-0.39, 0.29) is 0 Å². The molecule has 3 heteroatoms. The summed E-state index contributed by atoms with van der Waals surface area (Å²) >= 11 is 0. The Morgan fingerprint density at radius 3 is 1.46 bits per heavy atom. The van der Waals surface area contributed by atoms with Crippen LogP contribution in [0.15, 0.2) is 283 Å². The molecular weight excluding hydrogens is 921 g/mol. The molecule has 1 unspecified atom stereocenters. The van der Waals surface area contributed by atoms with Crippen molar-refractivity contribution in [3.05, 3.63) is 301 Å². The second kappa shape index (κ2) is 16.5. The van der Waals surface area contributed by atoms with Gasteiger partial charge in [0, 0.05) is 44.6 Å². The van der Waals surface area contributed by atoms with Crippen molar-refractivity contribution in [2.24, 2.45) is 0 Å². The Labute approximate surface area is 441 Å². The fourth-order valence-electron chi connectivity index (χ4n) is 13.2. The standard InChI is InChI=1S/C73H46N2O/c1-3-19-47(20-4-1)48-35-37-50(38-36-48)74(51-39-41-55-58-27-11-16-32-69(58)75(49-21-5-2-6-22-49)70-33-17-12-28-59(70)61(55)43-51)52-40-42-67-62(44-52)54-24-8-7-23-53(54)56-25-9-14-30-65(56)73(67)66-31-15-10-26-57(66)63-45-64-60-29-13-18-34-71(60)76-72(64)46-68(63)73/h1-46H. The lowest BCUT2D eigenvalue weighted by atomic mass is 9.66. The second-order valence-electron chi connectivity index (χ2n) is 20.3. The predicted molar refractivity (Wildman–Crippen MR) is 315 cm³/mol. The van der Waals surface area contributed by atoms with E-state index in [1.807, 2.05) is 0 Å². The molecule has 0 saturated heterocycles. The number of furan rings is 1. The molecule has 0 radical (unpaired) electrons. The molecule has 1 aromatic heterocycles. The molecular formula is C73H46N2O. The Morgan fingerprint density at radius 2 is 0.750 bits per heavy atom. The van der Waals surface area contributed by atoms with E-state index in [0.717, 1.165) is 56.1 Å². The Hall–Kier alpha value is -9.96. The van der Waals surface area contributed by atoms with Crippen molar-refractivity contribution in [2.75, 3.05) is 9.80 Å². The lowest BCUT2D eigenvalue weighted by Crippen LogP contribution is -2.29. The molecule has 0 N–H and O–H groups in total. The summed E-state index contributed by atoms with van der Waals surface area (Å²) in [5.41, 5.74) is 27.1. The molecule has 3 aliphatic rings. The summed E-state index contributed by atoms with van der Waals surface area (Å²) in [6.07, 6.45) is 0. The van der Waals surface area contributed by atoms with Crippen molar-refractivity contribution < 1.29 is 4.42 Å². The number of para-hydroxylation sites is 4. The third-order valence-corrected chi connectivity index (χ3v) is 16.4. The van der Waals surface area contributed by atoms with Gasteiger partial charge in [0.05, 0.1) is 16.8 Å². The lowest BCUT2D eigenvalue weighted by Gasteiger charge is -2.36. The Kier molecular flexibility index (Phi) is 9.25. The lowest BCUT2D eigenvalue weighted by molar-refractivity contribution is 0.666. The predicted octanol–water partition coefficient (Wildman–Crippen LogP) is 19.9. The molecule has 1 aliphatic heterocycles. The Morgan fingerprint density at radius 1 is 0.276 bits per heavy atom. The number of benzene rings is 12. The average molecular weight is 967 g/mol. The number of rotatable bonds is 5. The minimum Gasteiger partial charge on any atom is -0.456 e. The molecule has 1 atom stereocenters. The van der Waals surface area contributed by atoms with Crippen molar-refractivity contribution in [1.29, 1.82) is 0 Å². The van der Waals surface area contributed by atoms with Crippen LogP contribution >= 0.6 is 0 Å². The highest BCUT2D eigenvalue weighted by atomic mass is 16.3. The summed E-state index contributed by atoms with van der Waals surface area (Å²) < 4.78 is 6.77. The van der Waals surface area contributed by atoms with E-state index in [1.165, 1.54) is 89.0 Å². The summed E-state index contributed by atoms with van der Waals surface area (Å²) in [6, 6.07) is 103. The first-order chi connectivity index (χ1) is 37.7. The topological polar surface area (TPSA) is 19.6 Å². The summed E-state index contributed by atoms with van der Waals surface area (Å²) in [5.74, 6) is 0. The smallest absolute Gasteiger partial charge is 0.135 e. The zero-order chi connectivity index (χ0) is 49.9. The zero-order valence-electron chi connectivity index (χ0n) is 41.4. The average Bonchev–Trinajstić information content (AvgIpc) is 4.10. The monoisotopic (exact) mass is 966 g/mol. The maximum atomic E-state index is 6.77. The highest BCUT2D eigenvalue weighted by Gasteiger charge is 2.50. The van der Waals surface area contributed by atoms with Crippen molar-refractivity contribution in [2.45, 2.75) is 5.41 Å². The second-order valence-corrected chi connectivity index (χ2v) is 20.3. The maximum absolute atomic E-state index is 6.77. The van der Waals surface area contributed by atoms with E-state index >= 15 is 0 Å². The third-order valence-electron chi connectivity index (χ3n) is 16.4. The third kappa shape index (κ3) is 6.11. The van der Waals surface area contributed by atoms with Gasteiger partial charge in [-0.2, -0.15) is 0 Å². The molecule has 2 aliphatic carbocycles. The molecule has 0 bridgehead atoms. The van der Waals surface area contributed by atoms with Gasteiger partial charge in [-0.15, -0.1) is 0 Å². The SMILES string of the molecule is c1ccc(-c2ccc(N(c3ccc4c(c3)-c3ccccc3N(c3ccccc3)c3ccccc3-4)c3ccc4c(c3)-c3ccccc3-c3ccccc3C43c4ccccc4-c4cc5c(cc43)oc3ccccc35)cc2)cc1. The van der Waals surface area contributed by atoms with Crippen molar-refractivity contribution in [3.8, 4) is 66.8 Å². The van der Waals surface area contributed by atoms with Crippen LogP contribution < -0.4 is 9.80 Å². The number of fused-ring (bicyclic) bond motifs is 20. The van der Waals surface area contributed by atoms with Gasteiger partial charge in [0.15, 0.2) is 0 Å². The molecule has 1 spiro atoms. The number of hydrogen-bond acceptors (Lipinski definition) is 3. The van der Waals surface area contributed by atoms with Gasteiger partial charge in [0.1, 0.15) is 11.2 Å². The fourth-order valence-corrected chi connectivity index (χ4v) is 13.2. The molecule has 16 rings (SSSR count). The number of nitrogens with zero attached hydrogens (tertiary/aromatic N) is 2. The van der Waals surface area contributed by atoms with Crippen LogP contribution in [0.3, 0.4) is 0 Å².